The van der Waals surface area contributed by atoms with Crippen LogP contribution in [0.15, 0.2) is 0 Å². The van der Waals surface area contributed by atoms with E-state index in [1.54, 1.807) is 0 Å². The lowest BCUT2D eigenvalue weighted by Crippen LogP contribution is -2.33. The summed E-state index contributed by atoms with van der Waals surface area (Å²) >= 11 is 0. The van der Waals surface area contributed by atoms with Crippen LogP contribution >= 0.6 is 0 Å². The van der Waals surface area contributed by atoms with Gasteiger partial charge in [-0.2, -0.15) is 0 Å². The van der Waals surface area contributed by atoms with Crippen molar-refractivity contribution in [3.8, 4) is 0 Å². The first-order valence-corrected chi connectivity index (χ1v) is 7.10. The predicted octanol–water partition coefficient (Wildman–Crippen LogP) is 2.30. The highest BCUT2D eigenvalue weighted by atomic mass is 16.1. The maximum atomic E-state index is 11.7. The summed E-state index contributed by atoms with van der Waals surface area (Å²) in [4.78, 5) is 11.7. The Bertz CT molecular complexity index is 230. The van der Waals surface area contributed by atoms with Crippen LogP contribution in [-0.4, -0.2) is 19.0 Å². The van der Waals surface area contributed by atoms with Gasteiger partial charge in [-0.25, -0.2) is 0 Å². The molecular weight excluding hydrogens is 212 g/mol. The molecule has 0 aliphatic heterocycles. The molecule has 0 bridgehead atoms. The highest BCUT2D eigenvalue weighted by Gasteiger charge is 2.21. The summed E-state index contributed by atoms with van der Waals surface area (Å²) < 4.78 is 0. The summed E-state index contributed by atoms with van der Waals surface area (Å²) in [6.45, 7) is 5.95. The van der Waals surface area contributed by atoms with E-state index < -0.39 is 0 Å². The Labute approximate surface area is 106 Å². The molecule has 3 nitrogen and oxygen atoms in total. The van der Waals surface area contributed by atoms with Crippen molar-refractivity contribution in [1.82, 2.24) is 5.32 Å². The fourth-order valence-electron chi connectivity index (χ4n) is 2.52. The monoisotopic (exact) mass is 240 g/mol. The molecule has 0 radical (unpaired) electrons. The topological polar surface area (TPSA) is 55.1 Å². The highest BCUT2D eigenvalue weighted by molar-refractivity contribution is 5.75. The van der Waals surface area contributed by atoms with Gasteiger partial charge >= 0.3 is 0 Å². The molecule has 1 aliphatic carbocycles. The van der Waals surface area contributed by atoms with Gasteiger partial charge in [0.1, 0.15) is 0 Å². The average molecular weight is 240 g/mol. The van der Waals surface area contributed by atoms with Crippen molar-refractivity contribution in [1.29, 1.82) is 0 Å². The lowest BCUT2D eigenvalue weighted by Gasteiger charge is -2.28. The smallest absolute Gasteiger partial charge is 0.220 e. The largest absolute Gasteiger partial charge is 0.356 e. The predicted molar refractivity (Wildman–Crippen MR) is 71.6 cm³/mol. The fraction of sp³-hybridized carbons (Fsp3) is 0.929. The second-order valence-electron chi connectivity index (χ2n) is 5.71. The van der Waals surface area contributed by atoms with E-state index in [0.717, 1.165) is 18.9 Å². The van der Waals surface area contributed by atoms with Gasteiger partial charge in [-0.1, -0.05) is 33.1 Å². The molecule has 3 unspecified atom stereocenters. The van der Waals surface area contributed by atoms with E-state index in [9.17, 15) is 4.79 Å². The minimum atomic E-state index is 0.197. The molecule has 0 heterocycles. The number of carbonyl (C=O) groups is 1. The number of hydrogen-bond acceptors (Lipinski definition) is 2. The van der Waals surface area contributed by atoms with E-state index in [-0.39, 0.29) is 5.91 Å². The average Bonchev–Trinajstić information content (AvgIpc) is 2.35. The second-order valence-corrected chi connectivity index (χ2v) is 5.71. The lowest BCUT2D eigenvalue weighted by molar-refractivity contribution is -0.121. The molecule has 0 spiro atoms. The van der Waals surface area contributed by atoms with Crippen LogP contribution in [0.1, 0.15) is 52.4 Å². The van der Waals surface area contributed by atoms with E-state index in [4.69, 9.17) is 5.73 Å². The number of nitrogens with two attached hydrogens (primary N) is 1. The van der Waals surface area contributed by atoms with Crippen molar-refractivity contribution in [2.24, 2.45) is 23.5 Å². The van der Waals surface area contributed by atoms with E-state index in [0.29, 0.717) is 24.8 Å². The zero-order valence-electron chi connectivity index (χ0n) is 11.4. The van der Waals surface area contributed by atoms with Gasteiger partial charge in [0.2, 0.25) is 5.91 Å². The van der Waals surface area contributed by atoms with Crippen LogP contribution in [-0.2, 0) is 4.79 Å². The van der Waals surface area contributed by atoms with Gasteiger partial charge in [0.15, 0.2) is 0 Å². The third-order valence-electron chi connectivity index (χ3n) is 4.12. The van der Waals surface area contributed by atoms with Crippen LogP contribution in [0.2, 0.25) is 0 Å². The molecule has 3 heteroatoms. The minimum absolute atomic E-state index is 0.197. The van der Waals surface area contributed by atoms with Gasteiger partial charge < -0.3 is 11.1 Å². The Kier molecular flexibility index (Phi) is 6.56. The van der Waals surface area contributed by atoms with Crippen molar-refractivity contribution in [3.63, 3.8) is 0 Å². The normalized spacial score (nSPS) is 26.5. The molecule has 1 aliphatic rings. The van der Waals surface area contributed by atoms with Gasteiger partial charge in [0.05, 0.1) is 0 Å². The summed E-state index contributed by atoms with van der Waals surface area (Å²) in [6.07, 6.45) is 6.82. The number of amides is 1. The van der Waals surface area contributed by atoms with E-state index in [1.165, 1.54) is 25.7 Å². The Morgan fingerprint density at radius 2 is 2.12 bits per heavy atom. The molecule has 0 aromatic rings. The summed E-state index contributed by atoms with van der Waals surface area (Å²) in [6, 6.07) is 0. The zero-order chi connectivity index (χ0) is 12.7. The molecule has 3 atom stereocenters. The van der Waals surface area contributed by atoms with Crippen LogP contribution in [0.25, 0.3) is 0 Å². The summed E-state index contributed by atoms with van der Waals surface area (Å²) in [5, 5.41) is 3.08. The van der Waals surface area contributed by atoms with Gasteiger partial charge in [-0.15, -0.1) is 0 Å². The Balaban J connectivity index is 2.14. The third kappa shape index (κ3) is 5.53. The first-order valence-electron chi connectivity index (χ1n) is 7.10. The molecule has 3 N–H and O–H groups in total. The van der Waals surface area contributed by atoms with Crippen molar-refractivity contribution in [2.75, 3.05) is 13.1 Å². The third-order valence-corrected chi connectivity index (χ3v) is 4.12. The fourth-order valence-corrected chi connectivity index (χ4v) is 2.52. The summed E-state index contributed by atoms with van der Waals surface area (Å²) in [7, 11) is 0. The van der Waals surface area contributed by atoms with E-state index in [1.807, 2.05) is 0 Å². The molecule has 0 aromatic carbocycles. The number of rotatable bonds is 6. The number of hydrogen-bond donors (Lipinski definition) is 2. The van der Waals surface area contributed by atoms with Crippen LogP contribution < -0.4 is 11.1 Å². The Hall–Kier alpha value is -0.570. The SMILES string of the molecule is CC(CN)CCC(=O)NCC1CCCCC1C. The molecule has 0 saturated heterocycles. The Morgan fingerprint density at radius 1 is 1.41 bits per heavy atom. The van der Waals surface area contributed by atoms with E-state index >= 15 is 0 Å². The van der Waals surface area contributed by atoms with Gasteiger partial charge in [-0.05, 0) is 37.1 Å². The molecule has 0 aromatic heterocycles. The first kappa shape index (κ1) is 14.5. The molecular formula is C14H28N2O. The van der Waals surface area contributed by atoms with Crippen LogP contribution in [0.4, 0.5) is 0 Å². The molecule has 1 fully saturated rings. The maximum absolute atomic E-state index is 11.7. The van der Waals surface area contributed by atoms with Gasteiger partial charge in [-0.3, -0.25) is 4.79 Å². The van der Waals surface area contributed by atoms with Crippen molar-refractivity contribution >= 4 is 5.91 Å². The quantitative estimate of drug-likeness (QED) is 0.748. The number of nitrogens with one attached hydrogen (secondary N) is 1. The zero-order valence-corrected chi connectivity index (χ0v) is 11.4. The number of carbonyl (C=O) groups excluding carboxylic acids is 1. The summed E-state index contributed by atoms with van der Waals surface area (Å²) in [5.74, 6) is 2.11. The Morgan fingerprint density at radius 3 is 2.76 bits per heavy atom. The van der Waals surface area contributed by atoms with Crippen molar-refractivity contribution in [2.45, 2.75) is 52.4 Å². The lowest BCUT2D eigenvalue weighted by atomic mass is 9.80. The van der Waals surface area contributed by atoms with Crippen LogP contribution in [0, 0.1) is 17.8 Å². The summed E-state index contributed by atoms with van der Waals surface area (Å²) in [5.41, 5.74) is 5.54. The maximum Gasteiger partial charge on any atom is 0.220 e. The molecule has 17 heavy (non-hydrogen) atoms. The molecule has 1 saturated carbocycles. The first-order chi connectivity index (χ1) is 8.13. The minimum Gasteiger partial charge on any atom is -0.356 e. The highest BCUT2D eigenvalue weighted by Crippen LogP contribution is 2.28. The van der Waals surface area contributed by atoms with Crippen molar-refractivity contribution < 1.29 is 4.79 Å². The van der Waals surface area contributed by atoms with Gasteiger partial charge in [0.25, 0.3) is 0 Å². The molecule has 1 amide bonds. The molecule has 1 rings (SSSR count). The van der Waals surface area contributed by atoms with E-state index in [2.05, 4.69) is 19.2 Å². The standard InChI is InChI=1S/C14H28N2O/c1-11(9-15)7-8-14(17)16-10-13-6-4-3-5-12(13)2/h11-13H,3-10,15H2,1-2H3,(H,16,17). The van der Waals surface area contributed by atoms with Crippen LogP contribution in [0.3, 0.4) is 0 Å². The van der Waals surface area contributed by atoms with Crippen LogP contribution in [0.5, 0.6) is 0 Å². The second kappa shape index (κ2) is 7.70. The molecule has 100 valence electrons. The van der Waals surface area contributed by atoms with Gasteiger partial charge in [0, 0.05) is 13.0 Å². The van der Waals surface area contributed by atoms with Crippen molar-refractivity contribution in [3.05, 3.63) is 0 Å².